The van der Waals surface area contributed by atoms with E-state index in [1.807, 2.05) is 6.92 Å². The van der Waals surface area contributed by atoms with Crippen molar-refractivity contribution < 1.29 is 28.9 Å². The Hall–Kier alpha value is -1.42. The van der Waals surface area contributed by atoms with E-state index in [-0.39, 0.29) is 36.3 Å². The number of hydrogen-bond donors (Lipinski definition) is 1. The Labute approximate surface area is 200 Å². The zero-order valence-electron chi connectivity index (χ0n) is 20.9. The van der Waals surface area contributed by atoms with Gasteiger partial charge in [0, 0.05) is 25.4 Å². The quantitative estimate of drug-likeness (QED) is 0.236. The minimum Gasteiger partial charge on any atom is -0.469 e. The predicted octanol–water partition coefficient (Wildman–Crippen LogP) is 4.95. The molecule has 2 fully saturated rings. The molecule has 1 heterocycles. The van der Waals surface area contributed by atoms with Crippen molar-refractivity contribution in [2.75, 3.05) is 13.7 Å². The fourth-order valence-electron chi connectivity index (χ4n) is 4.77. The molecule has 0 amide bonds. The number of unbranched alkanes of at least 4 members (excludes halogenated alkanes) is 5. The van der Waals surface area contributed by atoms with Crippen LogP contribution in [0.3, 0.4) is 0 Å². The van der Waals surface area contributed by atoms with Crippen molar-refractivity contribution in [3.8, 4) is 11.8 Å². The van der Waals surface area contributed by atoms with Gasteiger partial charge in [-0.15, -0.1) is 0 Å². The molecule has 1 saturated heterocycles. The number of carbonyl (C=O) groups excluding carboxylic acids is 2. The molecule has 188 valence electrons. The Kier molecular flexibility index (Phi) is 12.4. The van der Waals surface area contributed by atoms with Gasteiger partial charge in [-0.2, -0.15) is 0 Å². The molecule has 2 aliphatic rings. The fraction of sp³-hybridized carbons (Fsp3) is 0.852. The average molecular weight is 465 g/mol. The fourth-order valence-corrected chi connectivity index (χ4v) is 4.77. The predicted molar refractivity (Wildman–Crippen MR) is 127 cm³/mol. The number of carbonyl (C=O) groups is 2. The number of methoxy groups -OCH3 is 1. The molecule has 6 nitrogen and oxygen atoms in total. The first-order chi connectivity index (χ1) is 15.9. The monoisotopic (exact) mass is 464 g/mol. The highest BCUT2D eigenvalue weighted by Crippen LogP contribution is 2.34. The van der Waals surface area contributed by atoms with Crippen LogP contribution in [-0.2, 0) is 23.8 Å². The van der Waals surface area contributed by atoms with Crippen molar-refractivity contribution in [2.24, 2.45) is 11.8 Å². The molecule has 1 N–H and O–H groups in total. The Balaban J connectivity index is 1.96. The third kappa shape index (κ3) is 9.76. The molecular weight excluding hydrogens is 420 g/mol. The second-order valence-electron chi connectivity index (χ2n) is 9.77. The van der Waals surface area contributed by atoms with Crippen LogP contribution in [0, 0.1) is 23.7 Å². The van der Waals surface area contributed by atoms with Crippen LogP contribution >= 0.6 is 0 Å². The van der Waals surface area contributed by atoms with Gasteiger partial charge in [-0.1, -0.05) is 50.9 Å². The molecule has 0 bridgehead atoms. The Morgan fingerprint density at radius 3 is 2.67 bits per heavy atom. The van der Waals surface area contributed by atoms with Gasteiger partial charge in [0.2, 0.25) is 0 Å². The van der Waals surface area contributed by atoms with Crippen molar-refractivity contribution >= 4 is 11.8 Å². The zero-order chi connectivity index (χ0) is 24.1. The van der Waals surface area contributed by atoms with Crippen molar-refractivity contribution in [3.05, 3.63) is 0 Å². The molecule has 0 aromatic rings. The molecule has 0 spiro atoms. The summed E-state index contributed by atoms with van der Waals surface area (Å²) in [5, 5.41) is 10.6. The van der Waals surface area contributed by atoms with Crippen LogP contribution in [0.15, 0.2) is 0 Å². The van der Waals surface area contributed by atoms with E-state index < -0.39 is 11.7 Å². The molecule has 0 aromatic carbocycles. The van der Waals surface area contributed by atoms with Crippen molar-refractivity contribution in [1.82, 2.24) is 0 Å². The lowest BCUT2D eigenvalue weighted by atomic mass is 9.88. The highest BCUT2D eigenvalue weighted by Gasteiger charge is 2.40. The maximum Gasteiger partial charge on any atom is 0.305 e. The zero-order valence-corrected chi connectivity index (χ0v) is 20.9. The van der Waals surface area contributed by atoms with Gasteiger partial charge < -0.3 is 19.3 Å². The van der Waals surface area contributed by atoms with Crippen LogP contribution in [0.1, 0.15) is 104 Å². The molecule has 1 saturated carbocycles. The number of hydrogen-bond acceptors (Lipinski definition) is 6. The van der Waals surface area contributed by atoms with E-state index >= 15 is 0 Å². The van der Waals surface area contributed by atoms with Gasteiger partial charge in [0.1, 0.15) is 11.4 Å². The smallest absolute Gasteiger partial charge is 0.305 e. The van der Waals surface area contributed by atoms with Crippen LogP contribution in [-0.4, -0.2) is 48.6 Å². The van der Waals surface area contributed by atoms with Crippen LogP contribution in [0.5, 0.6) is 0 Å². The summed E-state index contributed by atoms with van der Waals surface area (Å²) in [5.74, 6) is 5.99. The number of ketones is 1. The number of Topliss-reactive ketones (excluding diaryl/α,β-unsaturated/α-hetero) is 1. The Morgan fingerprint density at radius 1 is 1.18 bits per heavy atom. The molecular formula is C27H44O6. The van der Waals surface area contributed by atoms with E-state index in [0.29, 0.717) is 6.42 Å². The summed E-state index contributed by atoms with van der Waals surface area (Å²) in [6.07, 6.45) is 11.1. The number of aliphatic hydroxyl groups excluding tert-OH is 1. The summed E-state index contributed by atoms with van der Waals surface area (Å²) in [6.45, 7) is 4.92. The lowest BCUT2D eigenvalue weighted by Gasteiger charge is -2.32. The summed E-state index contributed by atoms with van der Waals surface area (Å²) in [5.41, 5.74) is -0.638. The Morgan fingerprint density at radius 2 is 1.97 bits per heavy atom. The molecule has 1 aliphatic carbocycles. The highest BCUT2D eigenvalue weighted by atomic mass is 16.7. The lowest BCUT2D eigenvalue weighted by molar-refractivity contribution is -0.205. The topological polar surface area (TPSA) is 82.1 Å². The van der Waals surface area contributed by atoms with Crippen LogP contribution in [0.2, 0.25) is 0 Å². The maximum absolute atomic E-state index is 12.6. The van der Waals surface area contributed by atoms with Gasteiger partial charge in [-0.25, -0.2) is 0 Å². The first-order valence-corrected chi connectivity index (χ1v) is 13.0. The second kappa shape index (κ2) is 14.8. The molecule has 0 aromatic heterocycles. The SMILES string of the molecule is CCCCCC(C)(C#CC1C(O)CC(=O)C1CCCCCCC(=O)OC)OC1CCCCO1. The Bertz CT molecular complexity index is 659. The van der Waals surface area contributed by atoms with Crippen LogP contribution < -0.4 is 0 Å². The van der Waals surface area contributed by atoms with Crippen LogP contribution in [0.4, 0.5) is 0 Å². The first-order valence-electron chi connectivity index (χ1n) is 13.0. The lowest BCUT2D eigenvalue weighted by Crippen LogP contribution is -2.36. The van der Waals surface area contributed by atoms with Gasteiger partial charge in [0.05, 0.1) is 19.1 Å². The highest BCUT2D eigenvalue weighted by molar-refractivity contribution is 5.85. The summed E-state index contributed by atoms with van der Waals surface area (Å²) < 4.78 is 16.8. The van der Waals surface area contributed by atoms with Gasteiger partial charge in [-0.3, -0.25) is 9.59 Å². The van der Waals surface area contributed by atoms with Gasteiger partial charge in [-0.05, 0) is 51.9 Å². The third-order valence-corrected chi connectivity index (χ3v) is 6.84. The third-order valence-electron chi connectivity index (χ3n) is 6.84. The summed E-state index contributed by atoms with van der Waals surface area (Å²) >= 11 is 0. The number of ether oxygens (including phenoxy) is 3. The molecule has 33 heavy (non-hydrogen) atoms. The van der Waals surface area contributed by atoms with E-state index in [1.165, 1.54) is 7.11 Å². The second-order valence-corrected chi connectivity index (χ2v) is 9.77. The van der Waals surface area contributed by atoms with E-state index in [2.05, 4.69) is 23.5 Å². The van der Waals surface area contributed by atoms with Gasteiger partial charge >= 0.3 is 5.97 Å². The molecule has 5 unspecified atom stereocenters. The molecule has 0 radical (unpaired) electrons. The minimum atomic E-state index is -0.708. The van der Waals surface area contributed by atoms with E-state index in [1.54, 1.807) is 0 Å². The van der Waals surface area contributed by atoms with Crippen molar-refractivity contribution in [2.45, 2.75) is 122 Å². The number of rotatable bonds is 13. The first kappa shape index (κ1) is 27.8. The number of aliphatic hydroxyl groups is 1. The van der Waals surface area contributed by atoms with E-state index in [4.69, 9.17) is 9.47 Å². The van der Waals surface area contributed by atoms with Gasteiger partial charge in [0.15, 0.2) is 6.29 Å². The van der Waals surface area contributed by atoms with E-state index in [0.717, 1.165) is 83.7 Å². The largest absolute Gasteiger partial charge is 0.469 e. The standard InChI is InChI=1S/C27H44O6/c1-4-5-11-17-27(2,33-26-15-10-12-19-32-26)18-16-22-21(23(28)20-24(22)29)13-8-6-7-9-14-25(30)31-3/h21-22,24,26,29H,4-15,17,19-20H2,1-3H3. The molecule has 1 aliphatic heterocycles. The number of esters is 1. The average Bonchev–Trinajstić information content (AvgIpc) is 3.07. The summed E-state index contributed by atoms with van der Waals surface area (Å²) in [6, 6.07) is 0. The molecule has 6 heteroatoms. The molecule has 2 rings (SSSR count). The van der Waals surface area contributed by atoms with Crippen molar-refractivity contribution in [1.29, 1.82) is 0 Å². The minimum absolute atomic E-state index is 0.112. The molecule has 5 atom stereocenters. The summed E-state index contributed by atoms with van der Waals surface area (Å²) in [4.78, 5) is 23.8. The normalized spacial score (nSPS) is 27.0. The summed E-state index contributed by atoms with van der Waals surface area (Å²) in [7, 11) is 1.41. The van der Waals surface area contributed by atoms with Crippen molar-refractivity contribution in [3.63, 3.8) is 0 Å². The van der Waals surface area contributed by atoms with E-state index in [9.17, 15) is 14.7 Å². The van der Waals surface area contributed by atoms with Crippen LogP contribution in [0.25, 0.3) is 0 Å². The maximum atomic E-state index is 12.6. The van der Waals surface area contributed by atoms with Gasteiger partial charge in [0.25, 0.3) is 0 Å².